The molecule has 2 N–H and O–H groups in total. The third-order valence-electron chi connectivity index (χ3n) is 2.51. The monoisotopic (exact) mass is 309 g/mol. The Hall–Kier alpha value is -1.39. The van der Waals surface area contributed by atoms with Crippen LogP contribution in [0.1, 0.15) is 18.5 Å². The van der Waals surface area contributed by atoms with Gasteiger partial charge in [0, 0.05) is 10.5 Å². The van der Waals surface area contributed by atoms with Gasteiger partial charge in [-0.05, 0) is 48.9 Å². The normalized spacial score (nSPS) is 12.2. The lowest BCUT2D eigenvalue weighted by atomic mass is 10.1. The van der Waals surface area contributed by atoms with Crippen LogP contribution in [0.4, 0.5) is 4.39 Å². The first-order chi connectivity index (χ1) is 8.56. The van der Waals surface area contributed by atoms with Crippen molar-refractivity contribution in [2.75, 3.05) is 0 Å². The minimum absolute atomic E-state index is 0.0424. The van der Waals surface area contributed by atoms with E-state index in [-0.39, 0.29) is 11.9 Å². The number of hydrogen-bond acceptors (Lipinski definition) is 2. The van der Waals surface area contributed by atoms with Crippen molar-refractivity contribution in [3.05, 3.63) is 58.3 Å². The lowest BCUT2D eigenvalue weighted by Gasteiger charge is -2.11. The molecule has 2 aromatic carbocycles. The molecule has 0 aliphatic heterocycles. The Morgan fingerprint density at radius 3 is 2.28 bits per heavy atom. The predicted octanol–water partition coefficient (Wildman–Crippen LogP) is 4.40. The standard InChI is InChI=1S/C14H13BrFNO/c1-9(17)13-7-6-12(8-14(13)15)18-11-4-2-10(16)3-5-11/h2-9H,17H2,1H3/t9-/m1/s1. The first-order valence-electron chi connectivity index (χ1n) is 5.54. The summed E-state index contributed by atoms with van der Waals surface area (Å²) in [5.41, 5.74) is 6.84. The van der Waals surface area contributed by atoms with Crippen molar-refractivity contribution in [3.8, 4) is 11.5 Å². The van der Waals surface area contributed by atoms with E-state index >= 15 is 0 Å². The van der Waals surface area contributed by atoms with Gasteiger partial charge in [-0.25, -0.2) is 4.39 Å². The first kappa shape index (κ1) is 13.1. The maximum Gasteiger partial charge on any atom is 0.128 e. The Bertz CT molecular complexity index is 540. The Morgan fingerprint density at radius 1 is 1.11 bits per heavy atom. The van der Waals surface area contributed by atoms with E-state index in [4.69, 9.17) is 10.5 Å². The number of nitrogens with two attached hydrogens (primary N) is 1. The smallest absolute Gasteiger partial charge is 0.128 e. The fourth-order valence-corrected chi connectivity index (χ4v) is 2.30. The molecule has 0 aliphatic rings. The summed E-state index contributed by atoms with van der Waals surface area (Å²) in [7, 11) is 0. The van der Waals surface area contributed by atoms with Gasteiger partial charge in [0.2, 0.25) is 0 Å². The van der Waals surface area contributed by atoms with Crippen LogP contribution in [0.3, 0.4) is 0 Å². The van der Waals surface area contributed by atoms with Crippen LogP contribution in [0.25, 0.3) is 0 Å². The maximum atomic E-state index is 12.8. The molecule has 0 heterocycles. The quantitative estimate of drug-likeness (QED) is 0.912. The highest BCUT2D eigenvalue weighted by molar-refractivity contribution is 9.10. The van der Waals surface area contributed by atoms with Crippen molar-refractivity contribution in [1.29, 1.82) is 0 Å². The molecule has 0 spiro atoms. The second-order valence-corrected chi connectivity index (χ2v) is 4.88. The predicted molar refractivity (Wildman–Crippen MR) is 73.2 cm³/mol. The van der Waals surface area contributed by atoms with Gasteiger partial charge in [-0.15, -0.1) is 0 Å². The van der Waals surface area contributed by atoms with Gasteiger partial charge in [-0.2, -0.15) is 0 Å². The summed E-state index contributed by atoms with van der Waals surface area (Å²) in [4.78, 5) is 0. The van der Waals surface area contributed by atoms with Crippen LogP contribution in [0, 0.1) is 5.82 Å². The summed E-state index contributed by atoms with van der Waals surface area (Å²) in [6.07, 6.45) is 0. The Morgan fingerprint density at radius 2 is 1.72 bits per heavy atom. The van der Waals surface area contributed by atoms with E-state index in [2.05, 4.69) is 15.9 Å². The molecule has 94 valence electrons. The molecular weight excluding hydrogens is 297 g/mol. The number of halogens is 2. The summed E-state index contributed by atoms with van der Waals surface area (Å²) < 4.78 is 19.3. The molecule has 0 amide bonds. The van der Waals surface area contributed by atoms with E-state index < -0.39 is 0 Å². The molecule has 0 radical (unpaired) electrons. The van der Waals surface area contributed by atoms with Crippen LogP contribution in [-0.4, -0.2) is 0 Å². The van der Waals surface area contributed by atoms with Crippen molar-refractivity contribution in [1.82, 2.24) is 0 Å². The van der Waals surface area contributed by atoms with Gasteiger partial charge in [-0.1, -0.05) is 22.0 Å². The molecule has 2 aromatic rings. The topological polar surface area (TPSA) is 35.2 Å². The van der Waals surface area contributed by atoms with Gasteiger partial charge in [-0.3, -0.25) is 0 Å². The highest BCUT2D eigenvalue weighted by Gasteiger charge is 2.06. The summed E-state index contributed by atoms with van der Waals surface area (Å²) in [6, 6.07) is 11.5. The van der Waals surface area contributed by atoms with Crippen LogP contribution in [0.2, 0.25) is 0 Å². The molecule has 2 rings (SSSR count). The zero-order valence-corrected chi connectivity index (χ0v) is 11.4. The minimum atomic E-state index is -0.282. The summed E-state index contributed by atoms with van der Waals surface area (Å²) in [6.45, 7) is 1.92. The summed E-state index contributed by atoms with van der Waals surface area (Å²) in [5.74, 6) is 0.991. The van der Waals surface area contributed by atoms with Gasteiger partial charge in [0.05, 0.1) is 0 Å². The summed E-state index contributed by atoms with van der Waals surface area (Å²) in [5, 5.41) is 0. The second-order valence-electron chi connectivity index (χ2n) is 4.03. The molecule has 0 aromatic heterocycles. The van der Waals surface area contributed by atoms with Crippen LogP contribution in [0.15, 0.2) is 46.9 Å². The van der Waals surface area contributed by atoms with Crippen molar-refractivity contribution in [3.63, 3.8) is 0 Å². The van der Waals surface area contributed by atoms with Crippen LogP contribution in [-0.2, 0) is 0 Å². The van der Waals surface area contributed by atoms with Crippen molar-refractivity contribution in [2.45, 2.75) is 13.0 Å². The largest absolute Gasteiger partial charge is 0.457 e. The molecule has 0 unspecified atom stereocenters. The zero-order valence-electron chi connectivity index (χ0n) is 9.86. The van der Waals surface area contributed by atoms with Crippen molar-refractivity contribution < 1.29 is 9.13 Å². The molecule has 1 atom stereocenters. The Kier molecular flexibility index (Phi) is 3.99. The Balaban J connectivity index is 2.20. The van der Waals surface area contributed by atoms with Crippen molar-refractivity contribution in [2.24, 2.45) is 5.73 Å². The molecule has 18 heavy (non-hydrogen) atoms. The molecule has 0 aliphatic carbocycles. The SMILES string of the molecule is C[C@@H](N)c1ccc(Oc2ccc(F)cc2)cc1Br. The van der Waals surface area contributed by atoms with Gasteiger partial charge >= 0.3 is 0 Å². The van der Waals surface area contributed by atoms with Gasteiger partial charge in [0.25, 0.3) is 0 Å². The van der Waals surface area contributed by atoms with E-state index in [0.29, 0.717) is 11.5 Å². The number of rotatable bonds is 3. The lowest BCUT2D eigenvalue weighted by molar-refractivity contribution is 0.480. The third kappa shape index (κ3) is 3.09. The van der Waals surface area contributed by atoms with E-state index in [1.54, 1.807) is 12.1 Å². The van der Waals surface area contributed by atoms with E-state index in [9.17, 15) is 4.39 Å². The third-order valence-corrected chi connectivity index (χ3v) is 3.20. The molecule has 4 heteroatoms. The molecule has 0 bridgehead atoms. The lowest BCUT2D eigenvalue weighted by Crippen LogP contribution is -2.05. The number of ether oxygens (including phenoxy) is 1. The molecule has 2 nitrogen and oxygen atoms in total. The van der Waals surface area contributed by atoms with Crippen LogP contribution >= 0.6 is 15.9 Å². The highest BCUT2D eigenvalue weighted by atomic mass is 79.9. The van der Waals surface area contributed by atoms with E-state index in [1.165, 1.54) is 12.1 Å². The fraction of sp³-hybridized carbons (Fsp3) is 0.143. The molecule has 0 saturated carbocycles. The van der Waals surface area contributed by atoms with Crippen LogP contribution in [0.5, 0.6) is 11.5 Å². The average Bonchev–Trinajstić information content (AvgIpc) is 2.32. The molecule has 0 saturated heterocycles. The fourth-order valence-electron chi connectivity index (χ4n) is 1.58. The Labute approximate surface area is 114 Å². The number of hydrogen-bond donors (Lipinski definition) is 1. The number of benzene rings is 2. The second kappa shape index (κ2) is 5.50. The minimum Gasteiger partial charge on any atom is -0.457 e. The van der Waals surface area contributed by atoms with Crippen molar-refractivity contribution >= 4 is 15.9 Å². The van der Waals surface area contributed by atoms with E-state index in [1.807, 2.05) is 25.1 Å². The zero-order chi connectivity index (χ0) is 13.1. The van der Waals surface area contributed by atoms with Gasteiger partial charge in [0.1, 0.15) is 17.3 Å². The molecular formula is C14H13BrFNO. The molecule has 0 fully saturated rings. The first-order valence-corrected chi connectivity index (χ1v) is 6.34. The average molecular weight is 310 g/mol. The maximum absolute atomic E-state index is 12.8. The van der Waals surface area contributed by atoms with Gasteiger partial charge < -0.3 is 10.5 Å². The van der Waals surface area contributed by atoms with Crippen LogP contribution < -0.4 is 10.5 Å². The van der Waals surface area contributed by atoms with E-state index in [0.717, 1.165) is 10.0 Å². The highest BCUT2D eigenvalue weighted by Crippen LogP contribution is 2.29. The summed E-state index contributed by atoms with van der Waals surface area (Å²) >= 11 is 3.45. The van der Waals surface area contributed by atoms with Gasteiger partial charge in [0.15, 0.2) is 0 Å².